The van der Waals surface area contributed by atoms with Gasteiger partial charge in [0, 0.05) is 13.1 Å². The monoisotopic (exact) mass is 230 g/mol. The molecular weight excluding hydrogens is 212 g/mol. The summed E-state index contributed by atoms with van der Waals surface area (Å²) in [6, 6.07) is 12.2. The van der Waals surface area contributed by atoms with E-state index in [1.807, 2.05) is 30.3 Å². The molecule has 3 unspecified atom stereocenters. The summed E-state index contributed by atoms with van der Waals surface area (Å²) >= 11 is 0. The smallest absolute Gasteiger partial charge is 0.124 e. The van der Waals surface area contributed by atoms with Gasteiger partial charge in [-0.25, -0.2) is 0 Å². The number of nitrogens with zero attached hydrogens (tertiary/aromatic N) is 2. The molecule has 3 nitrogen and oxygen atoms in total. The van der Waals surface area contributed by atoms with Crippen LogP contribution < -0.4 is 0 Å². The van der Waals surface area contributed by atoms with Crippen molar-refractivity contribution in [1.29, 1.82) is 5.26 Å². The minimum absolute atomic E-state index is 0.162. The number of morpholine rings is 1. The van der Waals surface area contributed by atoms with Crippen LogP contribution in [0.3, 0.4) is 0 Å². The zero-order valence-electron chi connectivity index (χ0n) is 10.3. The molecule has 0 aliphatic carbocycles. The van der Waals surface area contributed by atoms with Gasteiger partial charge < -0.3 is 4.74 Å². The first-order chi connectivity index (χ1) is 8.20. The Bertz CT molecular complexity index is 388. The van der Waals surface area contributed by atoms with Gasteiger partial charge in [0.15, 0.2) is 0 Å². The standard InChI is InChI=1S/C14H18N2O/c1-11-9-16(10-12(2)17-11)14(8-15)13-6-4-3-5-7-13/h3-7,11-12,14H,9-10H2,1-2H3. The lowest BCUT2D eigenvalue weighted by molar-refractivity contribution is -0.0750. The summed E-state index contributed by atoms with van der Waals surface area (Å²) in [5, 5.41) is 9.37. The van der Waals surface area contributed by atoms with E-state index in [0.717, 1.165) is 18.7 Å². The van der Waals surface area contributed by atoms with Crippen molar-refractivity contribution in [2.45, 2.75) is 32.1 Å². The van der Waals surface area contributed by atoms with Crippen LogP contribution in [0.15, 0.2) is 30.3 Å². The van der Waals surface area contributed by atoms with Crippen molar-refractivity contribution in [3.63, 3.8) is 0 Å². The summed E-state index contributed by atoms with van der Waals surface area (Å²) in [7, 11) is 0. The molecule has 0 saturated carbocycles. The van der Waals surface area contributed by atoms with Gasteiger partial charge in [0.2, 0.25) is 0 Å². The fraction of sp³-hybridized carbons (Fsp3) is 0.500. The lowest BCUT2D eigenvalue weighted by atomic mass is 10.0. The molecule has 1 aliphatic rings. The summed E-state index contributed by atoms with van der Waals surface area (Å²) in [5.74, 6) is 0. The van der Waals surface area contributed by atoms with Crippen molar-refractivity contribution in [2.75, 3.05) is 13.1 Å². The highest BCUT2D eigenvalue weighted by atomic mass is 16.5. The van der Waals surface area contributed by atoms with E-state index in [1.54, 1.807) is 0 Å². The number of rotatable bonds is 2. The molecule has 0 amide bonds. The summed E-state index contributed by atoms with van der Waals surface area (Å²) in [4.78, 5) is 2.20. The zero-order valence-corrected chi connectivity index (χ0v) is 10.3. The second-order valence-electron chi connectivity index (χ2n) is 4.65. The lowest BCUT2D eigenvalue weighted by Crippen LogP contribution is -2.46. The van der Waals surface area contributed by atoms with Gasteiger partial charge >= 0.3 is 0 Å². The number of hydrogen-bond acceptors (Lipinski definition) is 3. The number of hydrogen-bond donors (Lipinski definition) is 0. The Labute approximate surface area is 103 Å². The fourth-order valence-corrected chi connectivity index (χ4v) is 2.43. The maximum absolute atomic E-state index is 9.37. The molecule has 0 radical (unpaired) electrons. The maximum Gasteiger partial charge on any atom is 0.124 e. The van der Waals surface area contributed by atoms with Gasteiger partial charge in [0.1, 0.15) is 6.04 Å². The molecule has 1 aliphatic heterocycles. The van der Waals surface area contributed by atoms with Crippen molar-refractivity contribution in [2.24, 2.45) is 0 Å². The van der Waals surface area contributed by atoms with Crippen molar-refractivity contribution in [1.82, 2.24) is 4.90 Å². The Morgan fingerprint density at radius 1 is 1.24 bits per heavy atom. The molecule has 0 spiro atoms. The minimum atomic E-state index is -0.162. The highest BCUT2D eigenvalue weighted by Crippen LogP contribution is 2.24. The van der Waals surface area contributed by atoms with Crippen molar-refractivity contribution in [3.8, 4) is 6.07 Å². The third kappa shape index (κ3) is 2.85. The van der Waals surface area contributed by atoms with Crippen molar-refractivity contribution in [3.05, 3.63) is 35.9 Å². The Kier molecular flexibility index (Phi) is 3.78. The molecule has 90 valence electrons. The van der Waals surface area contributed by atoms with E-state index in [2.05, 4.69) is 24.8 Å². The van der Waals surface area contributed by atoms with Gasteiger partial charge in [-0.2, -0.15) is 5.26 Å². The van der Waals surface area contributed by atoms with Crippen LogP contribution in [0.4, 0.5) is 0 Å². The first kappa shape index (κ1) is 12.1. The average molecular weight is 230 g/mol. The maximum atomic E-state index is 9.37. The third-order valence-electron chi connectivity index (χ3n) is 3.05. The van der Waals surface area contributed by atoms with Crippen LogP contribution in [0.2, 0.25) is 0 Å². The topological polar surface area (TPSA) is 36.3 Å². The molecule has 17 heavy (non-hydrogen) atoms. The van der Waals surface area contributed by atoms with Crippen LogP contribution in [-0.4, -0.2) is 30.2 Å². The fourth-order valence-electron chi connectivity index (χ4n) is 2.43. The van der Waals surface area contributed by atoms with Crippen LogP contribution in [0, 0.1) is 11.3 Å². The Morgan fingerprint density at radius 3 is 2.35 bits per heavy atom. The molecule has 3 atom stereocenters. The summed E-state index contributed by atoms with van der Waals surface area (Å²) < 4.78 is 5.70. The third-order valence-corrected chi connectivity index (χ3v) is 3.05. The predicted octanol–water partition coefficient (Wildman–Crippen LogP) is 2.36. The van der Waals surface area contributed by atoms with Crippen LogP contribution in [-0.2, 0) is 4.74 Å². The molecule has 1 heterocycles. The molecule has 1 saturated heterocycles. The van der Waals surface area contributed by atoms with Crippen molar-refractivity contribution >= 4 is 0 Å². The second kappa shape index (κ2) is 5.31. The first-order valence-electron chi connectivity index (χ1n) is 6.04. The Morgan fingerprint density at radius 2 is 1.82 bits per heavy atom. The normalized spacial score (nSPS) is 27.4. The van der Waals surface area contributed by atoms with Gasteiger partial charge in [-0.1, -0.05) is 30.3 Å². The largest absolute Gasteiger partial charge is 0.373 e. The summed E-state index contributed by atoms with van der Waals surface area (Å²) in [6.07, 6.45) is 0.386. The lowest BCUT2D eigenvalue weighted by Gasteiger charge is -2.37. The highest BCUT2D eigenvalue weighted by Gasteiger charge is 2.28. The molecule has 0 bridgehead atoms. The van der Waals surface area contributed by atoms with Crippen molar-refractivity contribution < 1.29 is 4.74 Å². The molecule has 1 fully saturated rings. The molecular formula is C14H18N2O. The summed E-state index contributed by atoms with van der Waals surface area (Å²) in [6.45, 7) is 5.75. The van der Waals surface area contributed by atoms with E-state index in [1.165, 1.54) is 0 Å². The first-order valence-corrected chi connectivity index (χ1v) is 6.04. The highest BCUT2D eigenvalue weighted by molar-refractivity contribution is 5.24. The quantitative estimate of drug-likeness (QED) is 0.782. The van der Waals surface area contributed by atoms with Crippen LogP contribution >= 0.6 is 0 Å². The van der Waals surface area contributed by atoms with E-state index in [0.29, 0.717) is 0 Å². The van der Waals surface area contributed by atoms with E-state index in [-0.39, 0.29) is 18.2 Å². The van der Waals surface area contributed by atoms with E-state index in [9.17, 15) is 5.26 Å². The van der Waals surface area contributed by atoms with E-state index < -0.39 is 0 Å². The van der Waals surface area contributed by atoms with E-state index in [4.69, 9.17) is 4.74 Å². The van der Waals surface area contributed by atoms with Crippen LogP contribution in [0.25, 0.3) is 0 Å². The zero-order chi connectivity index (χ0) is 12.3. The van der Waals surface area contributed by atoms with Gasteiger partial charge in [0.25, 0.3) is 0 Å². The molecule has 0 N–H and O–H groups in total. The number of benzene rings is 1. The van der Waals surface area contributed by atoms with Crippen LogP contribution in [0.5, 0.6) is 0 Å². The second-order valence-corrected chi connectivity index (χ2v) is 4.65. The summed E-state index contributed by atoms with van der Waals surface area (Å²) in [5.41, 5.74) is 1.07. The molecule has 1 aromatic carbocycles. The van der Waals surface area contributed by atoms with Gasteiger partial charge in [-0.3, -0.25) is 4.90 Å². The molecule has 1 aromatic rings. The Hall–Kier alpha value is -1.37. The number of ether oxygens (including phenoxy) is 1. The van der Waals surface area contributed by atoms with Gasteiger partial charge in [0.05, 0.1) is 18.3 Å². The molecule has 0 aromatic heterocycles. The average Bonchev–Trinajstić information content (AvgIpc) is 2.30. The number of nitriles is 1. The Balaban J connectivity index is 2.17. The van der Waals surface area contributed by atoms with E-state index >= 15 is 0 Å². The SMILES string of the molecule is CC1CN(C(C#N)c2ccccc2)CC(C)O1. The predicted molar refractivity (Wildman–Crippen MR) is 66.4 cm³/mol. The molecule has 2 rings (SSSR count). The van der Waals surface area contributed by atoms with Gasteiger partial charge in [-0.15, -0.1) is 0 Å². The molecule has 3 heteroatoms. The minimum Gasteiger partial charge on any atom is -0.373 e. The van der Waals surface area contributed by atoms with Gasteiger partial charge in [-0.05, 0) is 19.4 Å². The van der Waals surface area contributed by atoms with Crippen LogP contribution in [0.1, 0.15) is 25.5 Å².